The third-order valence-electron chi connectivity index (χ3n) is 2.11. The molecule has 6 heteroatoms. The maximum Gasteiger partial charge on any atom is 0.303 e. The molecule has 0 aromatic rings. The Bertz CT molecular complexity index is 306. The van der Waals surface area contributed by atoms with E-state index < -0.39 is 11.8 Å². The number of rotatable bonds is 5. The van der Waals surface area contributed by atoms with Gasteiger partial charge >= 0.3 is 5.97 Å². The minimum absolute atomic E-state index is 0.144. The first-order valence-electron chi connectivity index (χ1n) is 4.57. The number of carboxylic acid groups (broad SMARTS) is 1. The summed E-state index contributed by atoms with van der Waals surface area (Å²) in [6.45, 7) is -0.287. The molecule has 0 spiro atoms. The lowest BCUT2D eigenvalue weighted by Gasteiger charge is -2.11. The summed E-state index contributed by atoms with van der Waals surface area (Å²) in [5.41, 5.74) is 0. The highest BCUT2D eigenvalue weighted by Crippen LogP contribution is 2.11. The van der Waals surface area contributed by atoms with E-state index in [1.807, 2.05) is 0 Å². The van der Waals surface area contributed by atoms with Gasteiger partial charge in [-0.1, -0.05) is 0 Å². The quantitative estimate of drug-likeness (QED) is 0.625. The third kappa shape index (κ3) is 3.16. The molecule has 0 unspecified atom stereocenters. The highest BCUT2D eigenvalue weighted by molar-refractivity contribution is 6.04. The standard InChI is InChI=1S/C9H11NO5/c11-6(1-4-9(14)15)5-10-7(12)2-3-8(10)13/h1-5H2,(H,14,15). The van der Waals surface area contributed by atoms with Gasteiger partial charge in [-0.2, -0.15) is 0 Å². The fourth-order valence-electron chi connectivity index (χ4n) is 1.30. The smallest absolute Gasteiger partial charge is 0.303 e. The Hall–Kier alpha value is -1.72. The number of hydrogen-bond donors (Lipinski definition) is 1. The Morgan fingerprint density at radius 3 is 2.13 bits per heavy atom. The van der Waals surface area contributed by atoms with Crippen LogP contribution in [-0.2, 0) is 19.2 Å². The van der Waals surface area contributed by atoms with Gasteiger partial charge in [-0.05, 0) is 0 Å². The summed E-state index contributed by atoms with van der Waals surface area (Å²) in [7, 11) is 0. The number of carboxylic acids is 1. The van der Waals surface area contributed by atoms with Gasteiger partial charge in [0.25, 0.3) is 0 Å². The van der Waals surface area contributed by atoms with Gasteiger partial charge in [0.05, 0.1) is 13.0 Å². The van der Waals surface area contributed by atoms with Crippen LogP contribution in [0.15, 0.2) is 0 Å². The molecular weight excluding hydrogens is 202 g/mol. The summed E-state index contributed by atoms with van der Waals surface area (Å²) >= 11 is 0. The summed E-state index contributed by atoms with van der Waals surface area (Å²) in [5, 5.41) is 8.33. The molecule has 1 heterocycles. The van der Waals surface area contributed by atoms with E-state index in [1.54, 1.807) is 0 Å². The van der Waals surface area contributed by atoms with Crippen LogP contribution < -0.4 is 0 Å². The Balaban J connectivity index is 2.40. The monoisotopic (exact) mass is 213 g/mol. The SMILES string of the molecule is O=C(O)CCC(=O)CN1C(=O)CCC1=O. The number of likely N-dealkylation sites (tertiary alicyclic amines) is 1. The fraction of sp³-hybridized carbons (Fsp3) is 0.556. The second-order valence-corrected chi connectivity index (χ2v) is 3.31. The Morgan fingerprint density at radius 1 is 1.13 bits per heavy atom. The van der Waals surface area contributed by atoms with Crippen LogP contribution in [0.2, 0.25) is 0 Å². The molecule has 1 N–H and O–H groups in total. The molecule has 0 aromatic carbocycles. The number of carbonyl (C=O) groups excluding carboxylic acids is 3. The number of Topliss-reactive ketones (excluding diaryl/α,β-unsaturated/α-hetero) is 1. The topological polar surface area (TPSA) is 91.8 Å². The van der Waals surface area contributed by atoms with E-state index in [9.17, 15) is 19.2 Å². The van der Waals surface area contributed by atoms with Crippen molar-refractivity contribution in [3.63, 3.8) is 0 Å². The van der Waals surface area contributed by atoms with Crippen LogP contribution in [0.5, 0.6) is 0 Å². The first kappa shape index (κ1) is 11.4. The van der Waals surface area contributed by atoms with Crippen molar-refractivity contribution < 1.29 is 24.3 Å². The predicted octanol–water partition coefficient (Wildman–Crippen LogP) is -0.431. The molecule has 15 heavy (non-hydrogen) atoms. The molecule has 0 radical (unpaired) electrons. The van der Waals surface area contributed by atoms with Gasteiger partial charge in [0.15, 0.2) is 5.78 Å². The Labute approximate surface area is 85.9 Å². The normalized spacial score (nSPS) is 15.9. The van der Waals surface area contributed by atoms with Crippen molar-refractivity contribution in [1.29, 1.82) is 0 Å². The molecule has 1 aliphatic heterocycles. The molecule has 6 nitrogen and oxygen atoms in total. The molecular formula is C9H11NO5. The maximum absolute atomic E-state index is 11.2. The second kappa shape index (κ2) is 4.68. The summed E-state index contributed by atoms with van der Waals surface area (Å²) < 4.78 is 0. The van der Waals surface area contributed by atoms with Crippen molar-refractivity contribution in [2.75, 3.05) is 6.54 Å². The fourth-order valence-corrected chi connectivity index (χ4v) is 1.30. The molecule has 2 amide bonds. The van der Waals surface area contributed by atoms with Crippen molar-refractivity contribution >= 4 is 23.6 Å². The van der Waals surface area contributed by atoms with Gasteiger partial charge in [0, 0.05) is 19.3 Å². The van der Waals surface area contributed by atoms with E-state index in [0.717, 1.165) is 4.90 Å². The molecule has 0 atom stereocenters. The van der Waals surface area contributed by atoms with Crippen molar-refractivity contribution in [2.45, 2.75) is 25.7 Å². The van der Waals surface area contributed by atoms with Crippen LogP contribution in [0.1, 0.15) is 25.7 Å². The zero-order chi connectivity index (χ0) is 11.4. The number of hydrogen-bond acceptors (Lipinski definition) is 4. The molecule has 0 aliphatic carbocycles. The number of imide groups is 1. The summed E-state index contributed by atoms with van der Waals surface area (Å²) in [4.78, 5) is 44.4. The maximum atomic E-state index is 11.2. The van der Waals surface area contributed by atoms with E-state index in [0.29, 0.717) is 0 Å². The van der Waals surface area contributed by atoms with Crippen LogP contribution in [-0.4, -0.2) is 40.1 Å². The molecule has 1 aliphatic rings. The third-order valence-corrected chi connectivity index (χ3v) is 2.11. The van der Waals surface area contributed by atoms with Gasteiger partial charge in [0.1, 0.15) is 0 Å². The number of amides is 2. The van der Waals surface area contributed by atoms with E-state index in [4.69, 9.17) is 5.11 Å². The lowest BCUT2D eigenvalue weighted by Crippen LogP contribution is -2.34. The van der Waals surface area contributed by atoms with Crippen molar-refractivity contribution in [3.8, 4) is 0 Å². The molecule has 0 aromatic heterocycles. The van der Waals surface area contributed by atoms with Crippen LogP contribution in [0.3, 0.4) is 0 Å². The zero-order valence-electron chi connectivity index (χ0n) is 8.06. The minimum atomic E-state index is -1.07. The van der Waals surface area contributed by atoms with Gasteiger partial charge in [-0.3, -0.25) is 24.1 Å². The average molecular weight is 213 g/mol. The lowest BCUT2D eigenvalue weighted by molar-refractivity contribution is -0.142. The minimum Gasteiger partial charge on any atom is -0.481 e. The van der Waals surface area contributed by atoms with Crippen LogP contribution in [0, 0.1) is 0 Å². The summed E-state index contributed by atoms with van der Waals surface area (Å²) in [6.07, 6.45) is -0.127. The van der Waals surface area contributed by atoms with Gasteiger partial charge in [-0.15, -0.1) is 0 Å². The number of carbonyl (C=O) groups is 4. The Morgan fingerprint density at radius 2 is 1.67 bits per heavy atom. The van der Waals surface area contributed by atoms with Gasteiger partial charge < -0.3 is 5.11 Å². The molecule has 1 fully saturated rings. The zero-order valence-corrected chi connectivity index (χ0v) is 8.06. The molecule has 1 rings (SSSR count). The first-order valence-corrected chi connectivity index (χ1v) is 4.57. The molecule has 82 valence electrons. The highest BCUT2D eigenvalue weighted by atomic mass is 16.4. The van der Waals surface area contributed by atoms with E-state index in [1.165, 1.54) is 0 Å². The molecule has 0 bridgehead atoms. The van der Waals surface area contributed by atoms with Gasteiger partial charge in [0.2, 0.25) is 11.8 Å². The van der Waals surface area contributed by atoms with Crippen LogP contribution in [0.4, 0.5) is 0 Å². The van der Waals surface area contributed by atoms with E-state index >= 15 is 0 Å². The lowest BCUT2D eigenvalue weighted by atomic mass is 10.2. The Kier molecular flexibility index (Phi) is 3.54. The summed E-state index contributed by atoms with van der Waals surface area (Å²) in [5.74, 6) is -2.18. The second-order valence-electron chi connectivity index (χ2n) is 3.31. The van der Waals surface area contributed by atoms with Crippen molar-refractivity contribution in [2.24, 2.45) is 0 Å². The van der Waals surface area contributed by atoms with Crippen molar-refractivity contribution in [3.05, 3.63) is 0 Å². The van der Waals surface area contributed by atoms with E-state index in [-0.39, 0.29) is 44.0 Å². The first-order chi connectivity index (χ1) is 7.00. The molecule has 1 saturated heterocycles. The van der Waals surface area contributed by atoms with Crippen LogP contribution >= 0.6 is 0 Å². The predicted molar refractivity (Wildman–Crippen MR) is 47.8 cm³/mol. The van der Waals surface area contributed by atoms with Gasteiger partial charge in [-0.25, -0.2) is 0 Å². The molecule has 0 saturated carbocycles. The number of aliphatic carboxylic acids is 1. The highest BCUT2D eigenvalue weighted by Gasteiger charge is 2.30. The van der Waals surface area contributed by atoms with Crippen molar-refractivity contribution in [1.82, 2.24) is 4.90 Å². The largest absolute Gasteiger partial charge is 0.481 e. The number of nitrogens with zero attached hydrogens (tertiary/aromatic N) is 1. The number of ketones is 1. The van der Waals surface area contributed by atoms with Crippen LogP contribution in [0.25, 0.3) is 0 Å². The summed E-state index contributed by atoms with van der Waals surface area (Å²) in [6, 6.07) is 0. The average Bonchev–Trinajstić information content (AvgIpc) is 2.46. The van der Waals surface area contributed by atoms with E-state index in [2.05, 4.69) is 0 Å².